The molecule has 4 aromatic carbocycles. The molecule has 0 aromatic heterocycles. The van der Waals surface area contributed by atoms with Crippen LogP contribution in [0.25, 0.3) is 0 Å². The third-order valence-electron chi connectivity index (χ3n) is 6.53. The van der Waals surface area contributed by atoms with Gasteiger partial charge in [-0.15, -0.1) is 0 Å². The zero-order valence-electron chi connectivity index (χ0n) is 23.7. The lowest BCUT2D eigenvalue weighted by molar-refractivity contribution is -0.114. The van der Waals surface area contributed by atoms with Crippen molar-refractivity contribution >= 4 is 43.0 Å². The highest BCUT2D eigenvalue weighted by molar-refractivity contribution is 7.93. The molecule has 1 amide bonds. The van der Waals surface area contributed by atoms with Crippen molar-refractivity contribution in [2.45, 2.75) is 36.5 Å². The molecule has 4 aromatic rings. The Kier molecular flexibility index (Phi) is 9.23. The number of benzene rings is 4. The molecule has 0 atom stereocenters. The molecule has 0 heterocycles. The average molecular weight is 608 g/mol. The summed E-state index contributed by atoms with van der Waals surface area (Å²) in [6, 6.07) is 25.5. The van der Waals surface area contributed by atoms with Gasteiger partial charge in [-0.3, -0.25) is 13.8 Å². The van der Waals surface area contributed by atoms with Crippen molar-refractivity contribution in [2.75, 3.05) is 28.0 Å². The van der Waals surface area contributed by atoms with E-state index in [9.17, 15) is 21.6 Å². The lowest BCUT2D eigenvalue weighted by Gasteiger charge is -2.24. The van der Waals surface area contributed by atoms with E-state index in [2.05, 4.69) is 10.0 Å². The van der Waals surface area contributed by atoms with Crippen molar-refractivity contribution in [1.82, 2.24) is 0 Å². The van der Waals surface area contributed by atoms with E-state index in [0.29, 0.717) is 22.8 Å². The van der Waals surface area contributed by atoms with Crippen LogP contribution in [0.1, 0.15) is 30.9 Å². The van der Waals surface area contributed by atoms with Crippen molar-refractivity contribution in [3.8, 4) is 5.75 Å². The molecule has 0 aliphatic heterocycles. The third-order valence-corrected chi connectivity index (χ3v) is 9.72. The van der Waals surface area contributed by atoms with Gasteiger partial charge in [0, 0.05) is 11.4 Å². The van der Waals surface area contributed by atoms with E-state index >= 15 is 0 Å². The lowest BCUT2D eigenvalue weighted by atomic mass is 10.0. The van der Waals surface area contributed by atoms with Crippen LogP contribution in [0.2, 0.25) is 0 Å². The molecule has 0 spiro atoms. The van der Waals surface area contributed by atoms with Gasteiger partial charge in [-0.05, 0) is 91.2 Å². The molecule has 0 saturated carbocycles. The van der Waals surface area contributed by atoms with Crippen molar-refractivity contribution in [1.29, 1.82) is 0 Å². The van der Waals surface area contributed by atoms with E-state index in [4.69, 9.17) is 4.74 Å². The summed E-state index contributed by atoms with van der Waals surface area (Å²) < 4.78 is 61.6. The largest absolute Gasteiger partial charge is 0.497 e. The van der Waals surface area contributed by atoms with Crippen LogP contribution in [0.4, 0.5) is 17.1 Å². The Bertz CT molecular complexity index is 1740. The SMILES string of the molecule is COc1ccc(NS(=O)(=O)c2ccc(NC(=O)CN(c3ccc(C(C)C)cc3)S(=O)(=O)c3ccc(C)cc3)cc2)cc1. The number of nitrogens with zero attached hydrogens (tertiary/aromatic N) is 1. The highest BCUT2D eigenvalue weighted by Gasteiger charge is 2.27. The van der Waals surface area contributed by atoms with Gasteiger partial charge in [-0.25, -0.2) is 16.8 Å². The van der Waals surface area contributed by atoms with E-state index in [1.807, 2.05) is 32.9 Å². The van der Waals surface area contributed by atoms with Gasteiger partial charge < -0.3 is 10.1 Å². The summed E-state index contributed by atoms with van der Waals surface area (Å²) in [6.07, 6.45) is 0. The quantitative estimate of drug-likeness (QED) is 0.224. The molecule has 0 radical (unpaired) electrons. The first-order chi connectivity index (χ1) is 19.9. The second kappa shape index (κ2) is 12.7. The summed E-state index contributed by atoms with van der Waals surface area (Å²) in [5.74, 6) is 0.254. The first-order valence-electron chi connectivity index (χ1n) is 13.2. The van der Waals surface area contributed by atoms with Crippen LogP contribution in [0.3, 0.4) is 0 Å². The number of carbonyl (C=O) groups is 1. The Hall–Kier alpha value is -4.35. The van der Waals surface area contributed by atoms with Crippen LogP contribution in [0, 0.1) is 6.92 Å². The second-order valence-corrected chi connectivity index (χ2v) is 13.5. The lowest BCUT2D eigenvalue weighted by Crippen LogP contribution is -2.38. The highest BCUT2D eigenvalue weighted by Crippen LogP contribution is 2.27. The molecule has 0 saturated heterocycles. The summed E-state index contributed by atoms with van der Waals surface area (Å²) in [4.78, 5) is 13.2. The van der Waals surface area contributed by atoms with E-state index in [1.54, 1.807) is 48.5 Å². The van der Waals surface area contributed by atoms with Crippen LogP contribution in [0.15, 0.2) is 107 Å². The summed E-state index contributed by atoms with van der Waals surface area (Å²) in [5.41, 5.74) is 2.97. The molecule has 220 valence electrons. The van der Waals surface area contributed by atoms with E-state index < -0.39 is 32.5 Å². The molecule has 11 heteroatoms. The Balaban J connectivity index is 1.52. The van der Waals surface area contributed by atoms with E-state index in [-0.39, 0.29) is 15.7 Å². The summed E-state index contributed by atoms with van der Waals surface area (Å²) in [7, 11) is -6.44. The Morgan fingerprint density at radius 3 is 1.86 bits per heavy atom. The second-order valence-electron chi connectivity index (χ2n) is 9.98. The normalized spacial score (nSPS) is 11.6. The van der Waals surface area contributed by atoms with Crippen LogP contribution < -0.4 is 19.1 Å². The monoisotopic (exact) mass is 607 g/mol. The summed E-state index contributed by atoms with van der Waals surface area (Å²) >= 11 is 0. The number of nitrogens with one attached hydrogen (secondary N) is 2. The third kappa shape index (κ3) is 7.29. The number of anilines is 3. The van der Waals surface area contributed by atoms with Gasteiger partial charge in [0.15, 0.2) is 0 Å². The number of carbonyl (C=O) groups excluding carboxylic acids is 1. The van der Waals surface area contributed by atoms with Crippen molar-refractivity contribution in [3.63, 3.8) is 0 Å². The van der Waals surface area contributed by atoms with Gasteiger partial charge in [-0.2, -0.15) is 0 Å². The fourth-order valence-electron chi connectivity index (χ4n) is 4.10. The average Bonchev–Trinajstić information content (AvgIpc) is 2.96. The van der Waals surface area contributed by atoms with Crippen molar-refractivity contribution < 1.29 is 26.4 Å². The van der Waals surface area contributed by atoms with Crippen LogP contribution >= 0.6 is 0 Å². The van der Waals surface area contributed by atoms with Gasteiger partial charge in [0.05, 0.1) is 22.6 Å². The highest BCUT2D eigenvalue weighted by atomic mass is 32.2. The van der Waals surface area contributed by atoms with E-state index in [1.165, 1.54) is 43.5 Å². The van der Waals surface area contributed by atoms with Gasteiger partial charge in [0.1, 0.15) is 12.3 Å². The topological polar surface area (TPSA) is 122 Å². The van der Waals surface area contributed by atoms with Crippen molar-refractivity contribution in [2.24, 2.45) is 0 Å². The van der Waals surface area contributed by atoms with Gasteiger partial charge in [0.2, 0.25) is 5.91 Å². The Morgan fingerprint density at radius 1 is 0.762 bits per heavy atom. The fourth-order valence-corrected chi connectivity index (χ4v) is 6.58. The number of hydrogen-bond donors (Lipinski definition) is 2. The molecular weight excluding hydrogens is 574 g/mol. The molecule has 0 fully saturated rings. The molecular formula is C31H33N3O6S2. The van der Waals surface area contributed by atoms with E-state index in [0.717, 1.165) is 15.4 Å². The number of aryl methyl sites for hydroxylation is 1. The molecule has 42 heavy (non-hydrogen) atoms. The number of ether oxygens (including phenoxy) is 1. The van der Waals surface area contributed by atoms with Crippen LogP contribution in [-0.4, -0.2) is 36.4 Å². The number of sulfonamides is 2. The maximum absolute atomic E-state index is 13.7. The number of methoxy groups -OCH3 is 1. The molecule has 0 aliphatic carbocycles. The number of hydrogen-bond acceptors (Lipinski definition) is 6. The summed E-state index contributed by atoms with van der Waals surface area (Å²) in [5, 5.41) is 2.67. The minimum Gasteiger partial charge on any atom is -0.497 e. The zero-order valence-corrected chi connectivity index (χ0v) is 25.4. The molecule has 4 rings (SSSR count). The zero-order chi connectivity index (χ0) is 30.5. The standard InChI is InChI=1S/C31H33N3O6S2/c1-22(2)24-7-13-27(14-8-24)34(42(38,39)30-17-5-23(3)6-18-30)21-31(35)32-25-11-19-29(20-12-25)41(36,37)33-26-9-15-28(40-4)16-10-26/h5-20,22,33H,21H2,1-4H3,(H,32,35). The van der Waals surface area contributed by atoms with Gasteiger partial charge in [0.25, 0.3) is 20.0 Å². The molecule has 0 unspecified atom stereocenters. The predicted molar refractivity (Wildman–Crippen MR) is 165 cm³/mol. The first-order valence-corrected chi connectivity index (χ1v) is 16.1. The maximum atomic E-state index is 13.7. The Labute approximate surface area is 247 Å². The first kappa shape index (κ1) is 30.6. The smallest absolute Gasteiger partial charge is 0.264 e. The van der Waals surface area contributed by atoms with Crippen molar-refractivity contribution in [3.05, 3.63) is 108 Å². The number of rotatable bonds is 11. The minimum atomic E-state index is -4.07. The minimum absolute atomic E-state index is 0.00913. The molecule has 0 bridgehead atoms. The Morgan fingerprint density at radius 2 is 1.31 bits per heavy atom. The van der Waals surface area contributed by atoms with Crippen LogP contribution in [0.5, 0.6) is 5.75 Å². The van der Waals surface area contributed by atoms with Gasteiger partial charge >= 0.3 is 0 Å². The summed E-state index contributed by atoms with van der Waals surface area (Å²) in [6.45, 7) is 5.44. The molecule has 0 aliphatic rings. The van der Waals surface area contributed by atoms with Gasteiger partial charge in [-0.1, -0.05) is 43.7 Å². The predicted octanol–water partition coefficient (Wildman–Crippen LogP) is 5.76. The molecule has 9 nitrogen and oxygen atoms in total. The van der Waals surface area contributed by atoms with Crippen LogP contribution in [-0.2, 0) is 24.8 Å². The maximum Gasteiger partial charge on any atom is 0.264 e. The fraction of sp³-hybridized carbons (Fsp3) is 0.194. The molecule has 2 N–H and O–H groups in total. The number of amides is 1.